The second-order valence-corrected chi connectivity index (χ2v) is 6.40. The second-order valence-electron chi connectivity index (χ2n) is 5.21. The summed E-state index contributed by atoms with van der Waals surface area (Å²) in [7, 11) is 0. The van der Waals surface area contributed by atoms with Gasteiger partial charge in [-0.05, 0) is 11.6 Å². The highest BCUT2D eigenvalue weighted by molar-refractivity contribution is 8.15. The van der Waals surface area contributed by atoms with Crippen LogP contribution in [0, 0.1) is 0 Å². The molecule has 0 unspecified atom stereocenters. The van der Waals surface area contributed by atoms with Gasteiger partial charge in [0.05, 0.1) is 0 Å². The Labute approximate surface area is 154 Å². The number of rotatable bonds is 8. The maximum absolute atomic E-state index is 11.8. The normalized spacial score (nSPS) is 18.5. The van der Waals surface area contributed by atoms with Crippen molar-refractivity contribution < 1.29 is 19.5 Å². The molecule has 1 aliphatic rings. The lowest BCUT2D eigenvalue weighted by molar-refractivity contribution is -0.305. The summed E-state index contributed by atoms with van der Waals surface area (Å²) in [5, 5.41) is 22.7. The van der Waals surface area contributed by atoms with Gasteiger partial charge in [-0.3, -0.25) is 9.59 Å². The minimum Gasteiger partial charge on any atom is -0.550 e. The zero-order chi connectivity index (χ0) is 18.8. The molecule has 0 aliphatic carbocycles. The molecule has 1 fully saturated rings. The monoisotopic (exact) mass is 373 g/mol. The Kier molecular flexibility index (Phi) is 7.56. The number of carboxylic acid groups (broad SMARTS) is 1. The molecule has 1 aromatic rings. The lowest BCUT2D eigenvalue weighted by atomic mass is 10.2. The number of allylic oxidation sites excluding steroid dienone is 1. The van der Waals surface area contributed by atoms with E-state index >= 15 is 0 Å². The number of amides is 2. The number of hydrogen-bond donors (Lipinski definition) is 2. The molecule has 0 radical (unpaired) electrons. The summed E-state index contributed by atoms with van der Waals surface area (Å²) in [5.74, 6) is -1.99. The molecule has 2 amide bonds. The molecule has 136 valence electrons. The summed E-state index contributed by atoms with van der Waals surface area (Å²) in [4.78, 5) is 33.8. The molecule has 9 heteroatoms. The minimum atomic E-state index is -1.24. The van der Waals surface area contributed by atoms with Gasteiger partial charge in [0.15, 0.2) is 5.17 Å². The van der Waals surface area contributed by atoms with Gasteiger partial charge in [-0.25, -0.2) is 0 Å². The van der Waals surface area contributed by atoms with Crippen molar-refractivity contribution in [1.82, 2.24) is 10.6 Å². The average Bonchev–Trinajstić information content (AvgIpc) is 2.94. The SMILES string of the molecule is O=C([O-])CCNC(=O)C[C@H]1S\C(=N/N=C\C=C\c2ccccc2)NC1=O. The predicted molar refractivity (Wildman–Crippen MR) is 98.2 cm³/mol. The van der Waals surface area contributed by atoms with Crippen LogP contribution in [0.25, 0.3) is 6.08 Å². The Morgan fingerprint density at radius 2 is 2.08 bits per heavy atom. The quantitative estimate of drug-likeness (QED) is 0.487. The minimum absolute atomic E-state index is 0.0286. The Bertz CT molecular complexity index is 746. The van der Waals surface area contributed by atoms with Gasteiger partial charge in [0.25, 0.3) is 0 Å². The molecule has 0 saturated carbocycles. The van der Waals surface area contributed by atoms with Gasteiger partial charge < -0.3 is 20.5 Å². The molecule has 0 bridgehead atoms. The summed E-state index contributed by atoms with van der Waals surface area (Å²) in [6, 6.07) is 9.68. The molecule has 2 N–H and O–H groups in total. The molecular formula is C17H17N4O4S-. The largest absolute Gasteiger partial charge is 0.550 e. The third kappa shape index (κ3) is 6.89. The van der Waals surface area contributed by atoms with Crippen molar-refractivity contribution in [3.8, 4) is 0 Å². The third-order valence-electron chi connectivity index (χ3n) is 3.19. The van der Waals surface area contributed by atoms with E-state index in [0.29, 0.717) is 5.17 Å². The number of carbonyl (C=O) groups is 3. The standard InChI is InChI=1S/C17H18N4O4S/c22-14(18-10-8-15(23)24)11-13-16(25)20-17(26-13)21-19-9-4-7-12-5-2-1-3-6-12/h1-7,9,13H,8,10-11H2,(H,18,22)(H,23,24)(H,20,21,25)/p-1/b7-4+,19-9-/t13-/m1/s1. The lowest BCUT2D eigenvalue weighted by Gasteiger charge is -2.07. The highest BCUT2D eigenvalue weighted by Crippen LogP contribution is 2.22. The number of nitrogens with zero attached hydrogens (tertiary/aromatic N) is 2. The van der Waals surface area contributed by atoms with Crippen LogP contribution in [0.2, 0.25) is 0 Å². The number of thioether (sulfide) groups is 1. The summed E-state index contributed by atoms with van der Waals surface area (Å²) in [5.41, 5.74) is 1.03. The summed E-state index contributed by atoms with van der Waals surface area (Å²) in [6.07, 6.45) is 4.74. The van der Waals surface area contributed by atoms with Gasteiger partial charge in [0.1, 0.15) is 5.25 Å². The highest BCUT2D eigenvalue weighted by atomic mass is 32.2. The van der Waals surface area contributed by atoms with Gasteiger partial charge in [-0.15, -0.1) is 5.10 Å². The van der Waals surface area contributed by atoms with E-state index in [9.17, 15) is 19.5 Å². The Morgan fingerprint density at radius 1 is 1.31 bits per heavy atom. The number of nitrogens with one attached hydrogen (secondary N) is 2. The molecule has 0 aromatic heterocycles. The fourth-order valence-corrected chi connectivity index (χ4v) is 2.90. The van der Waals surface area contributed by atoms with Crippen molar-refractivity contribution in [1.29, 1.82) is 0 Å². The van der Waals surface area contributed by atoms with Crippen molar-refractivity contribution in [3.05, 3.63) is 42.0 Å². The number of aliphatic carboxylic acids is 1. The number of carboxylic acids is 1. The Balaban J connectivity index is 1.78. The molecule has 2 rings (SSSR count). The molecule has 0 spiro atoms. The molecule has 1 aliphatic heterocycles. The molecular weight excluding hydrogens is 356 g/mol. The van der Waals surface area contributed by atoms with Gasteiger partial charge in [-0.1, -0.05) is 48.2 Å². The number of carbonyl (C=O) groups excluding carboxylic acids is 3. The van der Waals surface area contributed by atoms with Crippen molar-refractivity contribution >= 4 is 47.0 Å². The number of amidine groups is 1. The molecule has 1 saturated heterocycles. The molecule has 1 heterocycles. The number of benzene rings is 1. The van der Waals surface area contributed by atoms with E-state index in [1.54, 1.807) is 6.08 Å². The van der Waals surface area contributed by atoms with Crippen molar-refractivity contribution in [2.75, 3.05) is 6.54 Å². The molecule has 1 atom stereocenters. The lowest BCUT2D eigenvalue weighted by Crippen LogP contribution is -2.34. The van der Waals surface area contributed by atoms with E-state index in [4.69, 9.17) is 0 Å². The topological polar surface area (TPSA) is 123 Å². The Hall–Kier alpha value is -2.94. The zero-order valence-electron chi connectivity index (χ0n) is 13.8. The van der Waals surface area contributed by atoms with Gasteiger partial charge in [0, 0.05) is 31.6 Å². The molecule has 8 nitrogen and oxygen atoms in total. The van der Waals surface area contributed by atoms with Crippen LogP contribution in [0.1, 0.15) is 18.4 Å². The maximum atomic E-state index is 11.8. The van der Waals surface area contributed by atoms with Crippen LogP contribution in [-0.4, -0.2) is 41.0 Å². The second kappa shape index (κ2) is 10.1. The van der Waals surface area contributed by atoms with E-state index in [2.05, 4.69) is 20.8 Å². The van der Waals surface area contributed by atoms with E-state index in [1.165, 1.54) is 6.21 Å². The fraction of sp³-hybridized carbons (Fsp3) is 0.235. The summed E-state index contributed by atoms with van der Waals surface area (Å²) < 4.78 is 0. The van der Waals surface area contributed by atoms with Gasteiger partial charge >= 0.3 is 0 Å². The third-order valence-corrected chi connectivity index (χ3v) is 4.26. The number of hydrogen-bond acceptors (Lipinski definition) is 7. The van der Waals surface area contributed by atoms with Crippen molar-refractivity contribution in [2.24, 2.45) is 10.2 Å². The average molecular weight is 373 g/mol. The fourth-order valence-electron chi connectivity index (χ4n) is 1.97. The van der Waals surface area contributed by atoms with Crippen LogP contribution in [-0.2, 0) is 14.4 Å². The van der Waals surface area contributed by atoms with Crippen molar-refractivity contribution in [2.45, 2.75) is 18.1 Å². The smallest absolute Gasteiger partial charge is 0.240 e. The maximum Gasteiger partial charge on any atom is 0.240 e. The first-order chi connectivity index (χ1) is 12.5. The first-order valence-electron chi connectivity index (χ1n) is 7.81. The zero-order valence-corrected chi connectivity index (χ0v) is 14.6. The highest BCUT2D eigenvalue weighted by Gasteiger charge is 2.32. The molecule has 26 heavy (non-hydrogen) atoms. The van der Waals surface area contributed by atoms with Crippen molar-refractivity contribution in [3.63, 3.8) is 0 Å². The van der Waals surface area contributed by atoms with Gasteiger partial charge in [0.2, 0.25) is 11.8 Å². The van der Waals surface area contributed by atoms with Crippen LogP contribution in [0.4, 0.5) is 0 Å². The van der Waals surface area contributed by atoms with Crippen LogP contribution in [0.3, 0.4) is 0 Å². The molecule has 1 aromatic carbocycles. The first-order valence-corrected chi connectivity index (χ1v) is 8.69. The van der Waals surface area contributed by atoms with Gasteiger partial charge in [-0.2, -0.15) is 5.10 Å². The first kappa shape index (κ1) is 19.4. The Morgan fingerprint density at radius 3 is 2.81 bits per heavy atom. The summed E-state index contributed by atoms with van der Waals surface area (Å²) >= 11 is 1.10. The van der Waals surface area contributed by atoms with E-state index in [-0.39, 0.29) is 25.3 Å². The van der Waals surface area contributed by atoms with Crippen LogP contribution < -0.4 is 15.7 Å². The van der Waals surface area contributed by atoms with Crippen LogP contribution in [0.15, 0.2) is 46.6 Å². The summed E-state index contributed by atoms with van der Waals surface area (Å²) in [6.45, 7) is -0.0286. The van der Waals surface area contributed by atoms with E-state index in [1.807, 2.05) is 36.4 Å². The predicted octanol–water partition coefficient (Wildman–Crippen LogP) is -0.0805. The van der Waals surface area contributed by atoms with E-state index < -0.39 is 17.1 Å². The van der Waals surface area contributed by atoms with Crippen LogP contribution >= 0.6 is 11.8 Å². The van der Waals surface area contributed by atoms with E-state index in [0.717, 1.165) is 17.3 Å². The van der Waals surface area contributed by atoms with Crippen LogP contribution in [0.5, 0.6) is 0 Å².